The number of benzene rings is 1. The molecule has 1 aromatic carbocycles. The van der Waals surface area contributed by atoms with Crippen LogP contribution in [0.1, 0.15) is 29.5 Å². The molecular weight excluding hydrogens is 348 g/mol. The highest BCUT2D eigenvalue weighted by atomic mass is 16.2. The summed E-state index contributed by atoms with van der Waals surface area (Å²) in [6, 6.07) is 10.2. The Balaban J connectivity index is 1.68. The Bertz CT molecular complexity index is 825. The summed E-state index contributed by atoms with van der Waals surface area (Å²) in [5.41, 5.74) is 4.48. The number of carbonyl (C=O) groups excluding carboxylic acids is 1. The van der Waals surface area contributed by atoms with Crippen molar-refractivity contribution in [3.8, 4) is 0 Å². The smallest absolute Gasteiger partial charge is 0.227 e. The largest absolute Gasteiger partial charge is 0.357 e. The molecule has 1 aliphatic rings. The van der Waals surface area contributed by atoms with Crippen LogP contribution in [0.15, 0.2) is 60.0 Å². The van der Waals surface area contributed by atoms with E-state index in [9.17, 15) is 4.79 Å². The Kier molecular flexibility index (Phi) is 6.95. The van der Waals surface area contributed by atoms with E-state index in [1.165, 1.54) is 5.56 Å². The van der Waals surface area contributed by atoms with E-state index in [1.807, 2.05) is 41.7 Å². The van der Waals surface area contributed by atoms with Crippen molar-refractivity contribution in [1.29, 1.82) is 0 Å². The number of allylic oxidation sites excluding steroid dienone is 1. The molecule has 0 spiro atoms. The topological polar surface area (TPSA) is 48.8 Å². The molecule has 0 bridgehead atoms. The van der Waals surface area contributed by atoms with Crippen molar-refractivity contribution in [1.82, 2.24) is 9.88 Å². The SMILES string of the molecule is Cc1cccc(C)c1N(CCN1C=CC=NC1)C(=O)CCCc1cccnc1. The summed E-state index contributed by atoms with van der Waals surface area (Å²) < 4.78 is 0. The molecule has 0 N–H and O–H groups in total. The number of nitrogens with zero attached hydrogens (tertiary/aromatic N) is 4. The van der Waals surface area contributed by atoms with Gasteiger partial charge >= 0.3 is 0 Å². The minimum atomic E-state index is 0.172. The third-order valence-electron chi connectivity index (χ3n) is 4.95. The summed E-state index contributed by atoms with van der Waals surface area (Å²) in [4.78, 5) is 25.7. The first-order valence-electron chi connectivity index (χ1n) is 9.81. The lowest BCUT2D eigenvalue weighted by Crippen LogP contribution is -2.38. The second kappa shape index (κ2) is 9.83. The number of aliphatic imine (C=N–C) groups is 1. The zero-order valence-electron chi connectivity index (χ0n) is 16.7. The summed E-state index contributed by atoms with van der Waals surface area (Å²) in [6.45, 7) is 6.20. The molecule has 5 heteroatoms. The molecule has 0 saturated heterocycles. The molecule has 0 fully saturated rings. The standard InChI is InChI=1S/C23H28N4O/c1-19-7-3-8-20(2)23(19)27(16-15-26-14-6-13-25-18-26)22(28)11-4-9-21-10-5-12-24-17-21/h3,5-8,10,12-14,17H,4,9,11,15-16,18H2,1-2H3. The van der Waals surface area contributed by atoms with Gasteiger partial charge in [-0.25, -0.2) is 0 Å². The van der Waals surface area contributed by atoms with E-state index >= 15 is 0 Å². The van der Waals surface area contributed by atoms with Crippen LogP contribution in [0.3, 0.4) is 0 Å². The highest BCUT2D eigenvalue weighted by molar-refractivity contribution is 5.95. The van der Waals surface area contributed by atoms with Gasteiger partial charge in [0.2, 0.25) is 5.91 Å². The lowest BCUT2D eigenvalue weighted by Gasteiger charge is -2.29. The second-order valence-electron chi connectivity index (χ2n) is 7.13. The number of pyridine rings is 1. The van der Waals surface area contributed by atoms with E-state index in [2.05, 4.69) is 46.9 Å². The van der Waals surface area contributed by atoms with E-state index in [1.54, 1.807) is 6.20 Å². The molecule has 3 rings (SSSR count). The van der Waals surface area contributed by atoms with Gasteiger partial charge in [0.25, 0.3) is 0 Å². The van der Waals surface area contributed by atoms with Gasteiger partial charge in [0.05, 0.1) is 0 Å². The van der Waals surface area contributed by atoms with Crippen LogP contribution in [-0.4, -0.2) is 41.8 Å². The molecule has 0 aliphatic carbocycles. The van der Waals surface area contributed by atoms with Crippen molar-refractivity contribution in [3.05, 3.63) is 71.7 Å². The van der Waals surface area contributed by atoms with E-state index in [4.69, 9.17) is 0 Å². The van der Waals surface area contributed by atoms with Gasteiger partial charge in [-0.1, -0.05) is 24.3 Å². The summed E-state index contributed by atoms with van der Waals surface area (Å²) >= 11 is 0. The van der Waals surface area contributed by atoms with Gasteiger partial charge < -0.3 is 9.80 Å². The van der Waals surface area contributed by atoms with Crippen LogP contribution in [0.2, 0.25) is 0 Å². The molecule has 0 unspecified atom stereocenters. The minimum absolute atomic E-state index is 0.172. The lowest BCUT2D eigenvalue weighted by atomic mass is 10.1. The third-order valence-corrected chi connectivity index (χ3v) is 4.95. The maximum absolute atomic E-state index is 13.2. The molecule has 0 radical (unpaired) electrons. The van der Waals surface area contributed by atoms with Gasteiger partial charge in [0.1, 0.15) is 6.67 Å². The number of amides is 1. The molecule has 1 amide bonds. The van der Waals surface area contributed by atoms with E-state index in [-0.39, 0.29) is 5.91 Å². The predicted molar refractivity (Wildman–Crippen MR) is 115 cm³/mol. The zero-order chi connectivity index (χ0) is 19.8. The highest BCUT2D eigenvalue weighted by Crippen LogP contribution is 2.25. The Labute approximate surface area is 167 Å². The van der Waals surface area contributed by atoms with Crippen molar-refractivity contribution < 1.29 is 4.79 Å². The number of hydrogen-bond acceptors (Lipinski definition) is 4. The molecule has 1 aliphatic heterocycles. The minimum Gasteiger partial charge on any atom is -0.357 e. The van der Waals surface area contributed by atoms with Crippen LogP contribution in [-0.2, 0) is 11.2 Å². The first-order valence-corrected chi connectivity index (χ1v) is 9.81. The Morgan fingerprint density at radius 1 is 1.18 bits per heavy atom. The molecular formula is C23H28N4O. The number of hydrogen-bond donors (Lipinski definition) is 0. The van der Waals surface area contributed by atoms with Crippen molar-refractivity contribution in [3.63, 3.8) is 0 Å². The van der Waals surface area contributed by atoms with Crippen LogP contribution in [0, 0.1) is 13.8 Å². The molecule has 0 saturated carbocycles. The van der Waals surface area contributed by atoms with Crippen LogP contribution >= 0.6 is 0 Å². The van der Waals surface area contributed by atoms with Crippen LogP contribution in [0.25, 0.3) is 0 Å². The number of aryl methyl sites for hydroxylation is 3. The fraction of sp³-hybridized carbons (Fsp3) is 0.348. The fourth-order valence-corrected chi connectivity index (χ4v) is 3.51. The molecule has 28 heavy (non-hydrogen) atoms. The Hall–Kier alpha value is -2.95. The van der Waals surface area contributed by atoms with Crippen molar-refractivity contribution >= 4 is 17.8 Å². The van der Waals surface area contributed by atoms with Gasteiger partial charge in [0, 0.05) is 50.0 Å². The van der Waals surface area contributed by atoms with Gasteiger partial charge in [-0.3, -0.25) is 14.8 Å². The number of para-hydroxylation sites is 1. The van der Waals surface area contributed by atoms with E-state index in [0.717, 1.165) is 36.2 Å². The van der Waals surface area contributed by atoms with Crippen molar-refractivity contribution in [2.24, 2.45) is 4.99 Å². The van der Waals surface area contributed by atoms with Crippen LogP contribution < -0.4 is 4.90 Å². The highest BCUT2D eigenvalue weighted by Gasteiger charge is 2.20. The Morgan fingerprint density at radius 2 is 2.00 bits per heavy atom. The molecule has 146 valence electrons. The van der Waals surface area contributed by atoms with Gasteiger partial charge in [-0.05, 0) is 55.5 Å². The van der Waals surface area contributed by atoms with Gasteiger partial charge in [-0.15, -0.1) is 0 Å². The normalized spacial score (nSPS) is 13.0. The molecule has 2 heterocycles. The van der Waals surface area contributed by atoms with Crippen LogP contribution in [0.4, 0.5) is 5.69 Å². The number of anilines is 1. The molecule has 2 aromatic rings. The number of carbonyl (C=O) groups is 1. The van der Waals surface area contributed by atoms with E-state index in [0.29, 0.717) is 19.6 Å². The quantitative estimate of drug-likeness (QED) is 0.702. The fourth-order valence-electron chi connectivity index (χ4n) is 3.51. The number of rotatable bonds is 8. The monoisotopic (exact) mass is 376 g/mol. The average Bonchev–Trinajstić information content (AvgIpc) is 2.71. The molecule has 0 atom stereocenters. The van der Waals surface area contributed by atoms with Crippen molar-refractivity contribution in [2.45, 2.75) is 33.1 Å². The zero-order valence-corrected chi connectivity index (χ0v) is 16.7. The van der Waals surface area contributed by atoms with Gasteiger partial charge in [-0.2, -0.15) is 0 Å². The summed E-state index contributed by atoms with van der Waals surface area (Å²) in [6.07, 6.45) is 11.6. The van der Waals surface area contributed by atoms with E-state index < -0.39 is 0 Å². The first-order chi connectivity index (χ1) is 13.6. The third kappa shape index (κ3) is 5.28. The maximum atomic E-state index is 13.2. The molecule has 1 aromatic heterocycles. The second-order valence-corrected chi connectivity index (χ2v) is 7.13. The first kappa shape index (κ1) is 19.8. The van der Waals surface area contributed by atoms with Crippen molar-refractivity contribution in [2.75, 3.05) is 24.7 Å². The molecule has 5 nitrogen and oxygen atoms in total. The number of aromatic nitrogens is 1. The Morgan fingerprint density at radius 3 is 2.68 bits per heavy atom. The summed E-state index contributed by atoms with van der Waals surface area (Å²) in [7, 11) is 0. The average molecular weight is 377 g/mol. The van der Waals surface area contributed by atoms with Gasteiger partial charge in [0.15, 0.2) is 0 Å². The summed E-state index contributed by atoms with van der Waals surface area (Å²) in [5.74, 6) is 0.172. The maximum Gasteiger partial charge on any atom is 0.227 e. The van der Waals surface area contributed by atoms with Crippen LogP contribution in [0.5, 0.6) is 0 Å². The summed E-state index contributed by atoms with van der Waals surface area (Å²) in [5, 5.41) is 0. The predicted octanol–water partition coefficient (Wildman–Crippen LogP) is 3.91. The lowest BCUT2D eigenvalue weighted by molar-refractivity contribution is -0.118.